The molecular formula is C8H22NO4P. The van der Waals surface area contributed by atoms with E-state index in [1.54, 1.807) is 13.8 Å². The first-order valence-corrected chi connectivity index (χ1v) is 6.39. The van der Waals surface area contributed by atoms with Crippen molar-refractivity contribution >= 4 is 7.82 Å². The van der Waals surface area contributed by atoms with E-state index in [1.165, 1.54) is 12.8 Å². The smallest absolute Gasteiger partial charge is 0.267 e. The molecule has 0 heterocycles. The SMILES string of the molecule is CCCC[NH3+].CCOP(=O)([O-])OCC. The summed E-state index contributed by atoms with van der Waals surface area (Å²) >= 11 is 0. The van der Waals surface area contributed by atoms with Crippen molar-refractivity contribution in [1.29, 1.82) is 0 Å². The zero-order valence-electron chi connectivity index (χ0n) is 9.32. The Kier molecular flexibility index (Phi) is 13.1. The number of phosphoric acid groups is 1. The van der Waals surface area contributed by atoms with E-state index in [0.29, 0.717) is 0 Å². The lowest BCUT2D eigenvalue weighted by Crippen LogP contribution is -2.49. The third-order valence-electron chi connectivity index (χ3n) is 1.18. The fourth-order valence-corrected chi connectivity index (χ4v) is 1.31. The molecule has 0 radical (unpaired) electrons. The predicted molar refractivity (Wildman–Crippen MR) is 53.5 cm³/mol. The summed E-state index contributed by atoms with van der Waals surface area (Å²) in [5.74, 6) is 0. The molecule has 0 bridgehead atoms. The van der Waals surface area contributed by atoms with Gasteiger partial charge in [-0.25, -0.2) is 0 Å². The highest BCUT2D eigenvalue weighted by Gasteiger charge is 2.04. The Labute approximate surface area is 86.2 Å². The molecule has 3 N–H and O–H groups in total. The molecule has 0 aromatic carbocycles. The van der Waals surface area contributed by atoms with Crippen LogP contribution >= 0.6 is 7.82 Å². The topological polar surface area (TPSA) is 86.2 Å². The quantitative estimate of drug-likeness (QED) is 0.671. The van der Waals surface area contributed by atoms with Gasteiger partial charge in [-0.1, -0.05) is 13.3 Å². The lowest BCUT2D eigenvalue weighted by molar-refractivity contribution is -0.368. The lowest BCUT2D eigenvalue weighted by Gasteiger charge is -2.20. The van der Waals surface area contributed by atoms with Gasteiger partial charge in [0, 0.05) is 0 Å². The number of quaternary nitrogens is 1. The summed E-state index contributed by atoms with van der Waals surface area (Å²) in [4.78, 5) is 10.4. The molecule has 0 spiro atoms. The van der Waals surface area contributed by atoms with Crippen LogP contribution in [-0.2, 0) is 13.6 Å². The van der Waals surface area contributed by atoms with E-state index >= 15 is 0 Å². The van der Waals surface area contributed by atoms with Gasteiger partial charge in [0.25, 0.3) is 7.82 Å². The van der Waals surface area contributed by atoms with Crippen LogP contribution < -0.4 is 10.6 Å². The highest BCUT2D eigenvalue weighted by Crippen LogP contribution is 2.37. The van der Waals surface area contributed by atoms with Crippen LogP contribution in [0, 0.1) is 0 Å². The van der Waals surface area contributed by atoms with Crippen molar-refractivity contribution in [2.45, 2.75) is 33.6 Å². The maximum atomic E-state index is 10.4. The van der Waals surface area contributed by atoms with Crippen molar-refractivity contribution in [3.63, 3.8) is 0 Å². The molecule has 0 aromatic rings. The van der Waals surface area contributed by atoms with E-state index in [2.05, 4.69) is 21.7 Å². The van der Waals surface area contributed by atoms with Gasteiger partial charge in [0.15, 0.2) is 0 Å². The number of hydrogen-bond donors (Lipinski definition) is 1. The van der Waals surface area contributed by atoms with Crippen LogP contribution in [-0.4, -0.2) is 19.8 Å². The Hall–Kier alpha value is 0.0700. The average Bonchev–Trinajstić information content (AvgIpc) is 2.06. The number of rotatable bonds is 6. The first kappa shape index (κ1) is 16.5. The third kappa shape index (κ3) is 14.6. The summed E-state index contributed by atoms with van der Waals surface area (Å²) in [5.41, 5.74) is 3.68. The molecule has 5 nitrogen and oxygen atoms in total. The van der Waals surface area contributed by atoms with Crippen LogP contribution in [0.1, 0.15) is 33.6 Å². The largest absolute Gasteiger partial charge is 0.756 e. The highest BCUT2D eigenvalue weighted by atomic mass is 31.2. The zero-order chi connectivity index (χ0) is 11.4. The molecular weight excluding hydrogens is 205 g/mol. The van der Waals surface area contributed by atoms with Gasteiger partial charge < -0.3 is 19.7 Å². The van der Waals surface area contributed by atoms with Crippen LogP contribution in [0.15, 0.2) is 0 Å². The number of phosphoric ester groups is 1. The van der Waals surface area contributed by atoms with Crippen molar-refractivity contribution in [2.24, 2.45) is 0 Å². The summed E-state index contributed by atoms with van der Waals surface area (Å²) in [6.45, 7) is 6.69. The summed E-state index contributed by atoms with van der Waals surface area (Å²) in [5, 5.41) is 0. The standard InChI is InChI=1S/C4H11N.C4H11O4P/c1-2-3-4-5;1-3-7-9(5,6)8-4-2/h2-5H2,1H3;3-4H2,1-2H3,(H,5,6). The van der Waals surface area contributed by atoms with Crippen molar-refractivity contribution in [3.8, 4) is 0 Å². The van der Waals surface area contributed by atoms with Crippen molar-refractivity contribution in [2.75, 3.05) is 19.8 Å². The summed E-state index contributed by atoms with van der Waals surface area (Å²) in [7, 11) is -3.94. The first-order valence-electron chi connectivity index (χ1n) is 4.93. The van der Waals surface area contributed by atoms with Gasteiger partial charge in [-0.05, 0) is 20.3 Å². The summed E-state index contributed by atoms with van der Waals surface area (Å²) in [6.07, 6.45) is 2.56. The number of hydrogen-bond acceptors (Lipinski definition) is 4. The Morgan fingerprint density at radius 3 is 1.79 bits per heavy atom. The summed E-state index contributed by atoms with van der Waals surface area (Å²) < 4.78 is 18.9. The molecule has 0 aliphatic heterocycles. The second-order valence-corrected chi connectivity index (χ2v) is 3.90. The van der Waals surface area contributed by atoms with Gasteiger partial charge in [-0.3, -0.25) is 4.57 Å². The molecule has 0 rings (SSSR count). The van der Waals surface area contributed by atoms with Gasteiger partial charge in [-0.2, -0.15) is 0 Å². The van der Waals surface area contributed by atoms with Crippen LogP contribution in [0.3, 0.4) is 0 Å². The van der Waals surface area contributed by atoms with Gasteiger partial charge >= 0.3 is 0 Å². The maximum absolute atomic E-state index is 10.4. The predicted octanol–water partition coefficient (Wildman–Crippen LogP) is 0.556. The van der Waals surface area contributed by atoms with Crippen molar-refractivity contribution in [3.05, 3.63) is 0 Å². The minimum atomic E-state index is -3.94. The van der Waals surface area contributed by atoms with E-state index in [0.717, 1.165) is 6.54 Å². The fourth-order valence-electron chi connectivity index (χ4n) is 0.603. The molecule has 0 saturated heterocycles. The molecule has 0 atom stereocenters. The van der Waals surface area contributed by atoms with E-state index in [9.17, 15) is 9.46 Å². The van der Waals surface area contributed by atoms with Gasteiger partial charge in [-0.15, -0.1) is 0 Å². The molecule has 14 heavy (non-hydrogen) atoms. The van der Waals surface area contributed by atoms with Crippen LogP contribution in [0.2, 0.25) is 0 Å². The van der Waals surface area contributed by atoms with E-state index in [1.807, 2.05) is 0 Å². The molecule has 0 unspecified atom stereocenters. The van der Waals surface area contributed by atoms with Gasteiger partial charge in [0.05, 0.1) is 19.8 Å². The Bertz CT molecular complexity index is 142. The number of unbranched alkanes of at least 4 members (excludes halogenated alkanes) is 1. The second kappa shape index (κ2) is 11.1. The van der Waals surface area contributed by atoms with E-state index in [-0.39, 0.29) is 13.2 Å². The third-order valence-corrected chi connectivity index (χ3v) is 2.33. The Morgan fingerprint density at radius 2 is 1.64 bits per heavy atom. The molecule has 0 aromatic heterocycles. The maximum Gasteiger partial charge on any atom is 0.267 e. The fraction of sp³-hybridized carbons (Fsp3) is 1.00. The normalized spacial score (nSPS) is 10.6. The highest BCUT2D eigenvalue weighted by molar-refractivity contribution is 7.45. The van der Waals surface area contributed by atoms with Crippen molar-refractivity contribution in [1.82, 2.24) is 0 Å². The molecule has 0 fully saturated rings. The minimum Gasteiger partial charge on any atom is -0.756 e. The molecule has 0 aliphatic rings. The molecule has 0 amide bonds. The Balaban J connectivity index is 0. The first-order chi connectivity index (χ1) is 6.54. The van der Waals surface area contributed by atoms with Gasteiger partial charge in [0.1, 0.15) is 0 Å². The summed E-state index contributed by atoms with van der Waals surface area (Å²) in [6, 6.07) is 0. The Morgan fingerprint density at radius 1 is 1.21 bits per heavy atom. The minimum absolute atomic E-state index is 0.126. The van der Waals surface area contributed by atoms with Gasteiger partial charge in [0.2, 0.25) is 0 Å². The zero-order valence-corrected chi connectivity index (χ0v) is 10.2. The molecule has 0 saturated carbocycles. The molecule has 6 heteroatoms. The molecule has 88 valence electrons. The van der Waals surface area contributed by atoms with Crippen LogP contribution in [0.4, 0.5) is 0 Å². The monoisotopic (exact) mass is 227 g/mol. The second-order valence-electron chi connectivity index (χ2n) is 2.49. The lowest BCUT2D eigenvalue weighted by atomic mass is 10.3. The average molecular weight is 227 g/mol. The van der Waals surface area contributed by atoms with E-state index in [4.69, 9.17) is 0 Å². The molecule has 0 aliphatic carbocycles. The van der Waals surface area contributed by atoms with E-state index < -0.39 is 7.82 Å². The van der Waals surface area contributed by atoms with Crippen molar-refractivity contribution < 1.29 is 24.2 Å². The van der Waals surface area contributed by atoms with Crippen LogP contribution in [0.25, 0.3) is 0 Å². The van der Waals surface area contributed by atoms with Crippen LogP contribution in [0.5, 0.6) is 0 Å².